The van der Waals surface area contributed by atoms with Crippen LogP contribution in [0, 0.1) is 28.4 Å². The number of likely N-dealkylation sites (tertiary alicyclic amines) is 1. The molecule has 1 saturated heterocycles. The minimum atomic E-state index is -0.538. The molecular formula is C14H16F2N2. The normalized spacial score (nSPS) is 19.4. The zero-order chi connectivity index (χ0) is 13.2. The molecule has 2 nitrogen and oxygen atoms in total. The van der Waals surface area contributed by atoms with Gasteiger partial charge in [0.1, 0.15) is 11.6 Å². The van der Waals surface area contributed by atoms with Crippen LogP contribution in [0.4, 0.5) is 8.78 Å². The van der Waals surface area contributed by atoms with Crippen LogP contribution < -0.4 is 0 Å². The lowest BCUT2D eigenvalue weighted by molar-refractivity contribution is 0.150. The van der Waals surface area contributed by atoms with Gasteiger partial charge in [-0.05, 0) is 50.6 Å². The summed E-state index contributed by atoms with van der Waals surface area (Å²) in [5.74, 6) is -1.08. The summed E-state index contributed by atoms with van der Waals surface area (Å²) in [7, 11) is 0. The van der Waals surface area contributed by atoms with Crippen molar-refractivity contribution in [2.75, 3.05) is 13.1 Å². The van der Waals surface area contributed by atoms with Crippen molar-refractivity contribution in [1.82, 2.24) is 4.90 Å². The molecule has 0 bridgehead atoms. The highest BCUT2D eigenvalue weighted by Crippen LogP contribution is 2.30. The Morgan fingerprint density at radius 2 is 1.78 bits per heavy atom. The second-order valence-electron chi connectivity index (χ2n) is 5.23. The maximum Gasteiger partial charge on any atom is 0.126 e. The zero-order valence-corrected chi connectivity index (χ0v) is 10.4. The lowest BCUT2D eigenvalue weighted by atomic mass is 9.82. The fourth-order valence-corrected chi connectivity index (χ4v) is 2.28. The van der Waals surface area contributed by atoms with Crippen molar-refractivity contribution in [2.24, 2.45) is 5.41 Å². The Labute approximate surface area is 106 Å². The van der Waals surface area contributed by atoms with E-state index in [4.69, 9.17) is 5.26 Å². The molecule has 18 heavy (non-hydrogen) atoms. The van der Waals surface area contributed by atoms with Gasteiger partial charge < -0.3 is 0 Å². The van der Waals surface area contributed by atoms with E-state index in [1.54, 1.807) is 0 Å². The molecule has 0 saturated carbocycles. The quantitative estimate of drug-likeness (QED) is 0.806. The molecule has 0 atom stereocenters. The summed E-state index contributed by atoms with van der Waals surface area (Å²) < 4.78 is 26.1. The Bertz CT molecular complexity index is 451. The summed E-state index contributed by atoms with van der Waals surface area (Å²) in [6.07, 6.45) is 1.61. The molecule has 0 aromatic heterocycles. The highest BCUT2D eigenvalue weighted by Gasteiger charge is 2.29. The number of nitrogens with zero attached hydrogens (tertiary/aromatic N) is 2. The third-order valence-corrected chi connectivity index (χ3v) is 3.56. The van der Waals surface area contributed by atoms with Gasteiger partial charge in [-0.3, -0.25) is 4.90 Å². The standard InChI is InChI=1S/C14H16F2N2/c1-14(10-17)2-4-18(5-3-14)9-11-6-12(15)8-13(16)7-11/h6-8H,2-5,9H2,1H3. The van der Waals surface area contributed by atoms with Crippen molar-refractivity contribution < 1.29 is 8.78 Å². The van der Waals surface area contributed by atoms with Gasteiger partial charge in [-0.25, -0.2) is 8.78 Å². The zero-order valence-electron chi connectivity index (χ0n) is 10.4. The molecule has 96 valence electrons. The Balaban J connectivity index is 1.98. The first kappa shape index (κ1) is 13.0. The molecule has 0 N–H and O–H groups in total. The molecular weight excluding hydrogens is 234 g/mol. The van der Waals surface area contributed by atoms with E-state index in [0.29, 0.717) is 12.1 Å². The van der Waals surface area contributed by atoms with Crippen LogP contribution in [0.2, 0.25) is 0 Å². The molecule has 1 heterocycles. The Hall–Kier alpha value is -1.47. The lowest BCUT2D eigenvalue weighted by Crippen LogP contribution is -2.37. The maximum absolute atomic E-state index is 13.1. The van der Waals surface area contributed by atoms with Gasteiger partial charge in [0.15, 0.2) is 0 Å². The Morgan fingerprint density at radius 1 is 1.22 bits per heavy atom. The van der Waals surface area contributed by atoms with Gasteiger partial charge in [-0.1, -0.05) is 0 Å². The molecule has 2 rings (SSSR count). The molecule has 1 aliphatic rings. The van der Waals surface area contributed by atoms with Gasteiger partial charge >= 0.3 is 0 Å². The van der Waals surface area contributed by atoms with Crippen LogP contribution in [0.1, 0.15) is 25.3 Å². The van der Waals surface area contributed by atoms with Crippen molar-refractivity contribution in [2.45, 2.75) is 26.3 Å². The van der Waals surface area contributed by atoms with Crippen molar-refractivity contribution >= 4 is 0 Å². The number of halogens is 2. The van der Waals surface area contributed by atoms with Crippen LogP contribution in [-0.2, 0) is 6.54 Å². The van der Waals surface area contributed by atoms with Crippen molar-refractivity contribution in [1.29, 1.82) is 5.26 Å². The first-order valence-corrected chi connectivity index (χ1v) is 6.09. The minimum Gasteiger partial charge on any atom is -0.299 e. The Morgan fingerprint density at radius 3 is 2.28 bits per heavy atom. The third kappa shape index (κ3) is 3.05. The van der Waals surface area contributed by atoms with E-state index in [2.05, 4.69) is 11.0 Å². The van der Waals surface area contributed by atoms with Crippen LogP contribution in [-0.4, -0.2) is 18.0 Å². The molecule has 4 heteroatoms. The largest absolute Gasteiger partial charge is 0.299 e. The van der Waals surface area contributed by atoms with Gasteiger partial charge in [-0.15, -0.1) is 0 Å². The van der Waals surface area contributed by atoms with Crippen molar-refractivity contribution in [3.63, 3.8) is 0 Å². The number of rotatable bonds is 2. The average molecular weight is 250 g/mol. The fraction of sp³-hybridized carbons (Fsp3) is 0.500. The summed E-state index contributed by atoms with van der Waals surface area (Å²) in [6, 6.07) is 5.94. The van der Waals surface area contributed by atoms with Gasteiger partial charge in [0.25, 0.3) is 0 Å². The number of hydrogen-bond donors (Lipinski definition) is 0. The van der Waals surface area contributed by atoms with Gasteiger partial charge in [0.2, 0.25) is 0 Å². The van der Waals surface area contributed by atoms with Crippen molar-refractivity contribution in [3.8, 4) is 6.07 Å². The van der Waals surface area contributed by atoms with Gasteiger partial charge in [-0.2, -0.15) is 5.26 Å². The molecule has 0 amide bonds. The van der Waals surface area contributed by atoms with Gasteiger partial charge in [0.05, 0.1) is 11.5 Å². The minimum absolute atomic E-state index is 0.246. The van der Waals surface area contributed by atoms with E-state index in [-0.39, 0.29) is 5.41 Å². The summed E-state index contributed by atoms with van der Waals surface area (Å²) in [5, 5.41) is 9.03. The number of nitriles is 1. The molecule has 0 unspecified atom stereocenters. The SMILES string of the molecule is CC1(C#N)CCN(Cc2cc(F)cc(F)c2)CC1. The van der Waals surface area contributed by atoms with E-state index in [0.717, 1.165) is 32.0 Å². The van der Waals surface area contributed by atoms with Crippen LogP contribution in [0.25, 0.3) is 0 Å². The first-order chi connectivity index (χ1) is 8.50. The second-order valence-corrected chi connectivity index (χ2v) is 5.23. The van der Waals surface area contributed by atoms with E-state index < -0.39 is 11.6 Å². The van der Waals surface area contributed by atoms with Crippen LogP contribution >= 0.6 is 0 Å². The van der Waals surface area contributed by atoms with Crippen LogP contribution in [0.15, 0.2) is 18.2 Å². The van der Waals surface area contributed by atoms with E-state index in [1.807, 2.05) is 6.92 Å². The van der Waals surface area contributed by atoms with Crippen molar-refractivity contribution in [3.05, 3.63) is 35.4 Å². The molecule has 0 spiro atoms. The molecule has 1 aliphatic heterocycles. The summed E-state index contributed by atoms with van der Waals surface area (Å²) in [6.45, 7) is 4.09. The first-order valence-electron chi connectivity index (χ1n) is 6.09. The highest BCUT2D eigenvalue weighted by molar-refractivity contribution is 5.18. The summed E-state index contributed by atoms with van der Waals surface area (Å²) in [4.78, 5) is 2.13. The van der Waals surface area contributed by atoms with Crippen LogP contribution in [0.5, 0.6) is 0 Å². The average Bonchev–Trinajstić information content (AvgIpc) is 2.31. The predicted octanol–water partition coefficient (Wildman–Crippen LogP) is 3.09. The highest BCUT2D eigenvalue weighted by atomic mass is 19.1. The van der Waals surface area contributed by atoms with Gasteiger partial charge in [0, 0.05) is 12.6 Å². The molecule has 0 radical (unpaired) electrons. The number of hydrogen-bond acceptors (Lipinski definition) is 2. The molecule has 1 aromatic carbocycles. The van der Waals surface area contributed by atoms with E-state index in [9.17, 15) is 8.78 Å². The maximum atomic E-state index is 13.1. The number of piperidine rings is 1. The van der Waals surface area contributed by atoms with E-state index in [1.165, 1.54) is 12.1 Å². The second kappa shape index (κ2) is 5.03. The van der Waals surface area contributed by atoms with Crippen LogP contribution in [0.3, 0.4) is 0 Å². The summed E-state index contributed by atoms with van der Waals surface area (Å²) in [5.41, 5.74) is 0.400. The van der Waals surface area contributed by atoms with E-state index >= 15 is 0 Å². The lowest BCUT2D eigenvalue weighted by Gasteiger charge is -2.34. The predicted molar refractivity (Wildman–Crippen MR) is 64.6 cm³/mol. The smallest absolute Gasteiger partial charge is 0.126 e. The molecule has 1 aromatic rings. The summed E-state index contributed by atoms with van der Waals surface area (Å²) >= 11 is 0. The fourth-order valence-electron chi connectivity index (χ4n) is 2.28. The molecule has 0 aliphatic carbocycles. The Kier molecular flexibility index (Phi) is 3.63. The monoisotopic (exact) mass is 250 g/mol. The third-order valence-electron chi connectivity index (χ3n) is 3.56. The number of benzene rings is 1. The molecule has 1 fully saturated rings. The topological polar surface area (TPSA) is 27.0 Å².